The maximum Gasteiger partial charge on any atom is 0.329 e. The van der Waals surface area contributed by atoms with E-state index in [4.69, 9.17) is 4.74 Å². The number of para-hydroxylation sites is 1. The number of likely N-dealkylation sites (tertiary alicyclic amines) is 1. The molecule has 0 saturated carbocycles. The molecular formula is C27H25N7O4S. The molecule has 0 spiro atoms. The molecule has 5 heterocycles. The Morgan fingerprint density at radius 2 is 1.92 bits per heavy atom. The van der Waals surface area contributed by atoms with Gasteiger partial charge in [0.15, 0.2) is 5.75 Å². The number of amides is 4. The molecule has 1 aromatic carbocycles. The van der Waals surface area contributed by atoms with E-state index in [9.17, 15) is 14.4 Å². The topological polar surface area (TPSA) is 130 Å². The van der Waals surface area contributed by atoms with Gasteiger partial charge in [-0.2, -0.15) is 0 Å². The average molecular weight is 544 g/mol. The van der Waals surface area contributed by atoms with Crippen molar-refractivity contribution >= 4 is 41.2 Å². The van der Waals surface area contributed by atoms with E-state index in [2.05, 4.69) is 32.2 Å². The first kappa shape index (κ1) is 24.9. The van der Waals surface area contributed by atoms with Crippen LogP contribution in [0.5, 0.6) is 11.5 Å². The molecule has 3 atom stereocenters. The first-order valence-electron chi connectivity index (χ1n) is 12.5. The Morgan fingerprint density at radius 3 is 2.69 bits per heavy atom. The number of piperidine rings is 1. The summed E-state index contributed by atoms with van der Waals surface area (Å²) in [6.45, 7) is 4.62. The third-order valence-corrected chi connectivity index (χ3v) is 8.10. The minimum absolute atomic E-state index is 0.146. The van der Waals surface area contributed by atoms with Crippen molar-refractivity contribution in [1.82, 2.24) is 30.5 Å². The van der Waals surface area contributed by atoms with E-state index in [-0.39, 0.29) is 23.8 Å². The number of anilines is 2. The van der Waals surface area contributed by atoms with Crippen LogP contribution in [-0.2, 0) is 9.59 Å². The summed E-state index contributed by atoms with van der Waals surface area (Å²) in [5.74, 6) is 0.899. The summed E-state index contributed by atoms with van der Waals surface area (Å²) in [7, 11) is 0. The summed E-state index contributed by atoms with van der Waals surface area (Å²) in [5.41, 5.74) is 1.33. The summed E-state index contributed by atoms with van der Waals surface area (Å²) in [5, 5.41) is 6.10. The monoisotopic (exact) mass is 543 g/mol. The highest BCUT2D eigenvalue weighted by Crippen LogP contribution is 2.50. The maximum absolute atomic E-state index is 13.4. The molecule has 0 radical (unpaired) electrons. The first-order chi connectivity index (χ1) is 19.0. The minimum Gasteiger partial charge on any atom is -0.454 e. The van der Waals surface area contributed by atoms with Gasteiger partial charge in [0.05, 0.1) is 24.1 Å². The fourth-order valence-electron chi connectivity index (χ4n) is 5.03. The molecule has 1 saturated heterocycles. The molecule has 3 aliphatic rings. The van der Waals surface area contributed by atoms with E-state index in [0.29, 0.717) is 35.3 Å². The van der Waals surface area contributed by atoms with Crippen LogP contribution in [0.15, 0.2) is 72.7 Å². The second-order valence-corrected chi connectivity index (χ2v) is 10.5. The lowest BCUT2D eigenvalue weighted by molar-refractivity contribution is -0.129. The molecule has 0 bridgehead atoms. The second kappa shape index (κ2) is 10.4. The van der Waals surface area contributed by atoms with Crippen LogP contribution in [0.4, 0.5) is 16.4 Å². The molecule has 1 fully saturated rings. The molecule has 3 aromatic rings. The van der Waals surface area contributed by atoms with Crippen LogP contribution < -0.4 is 20.3 Å². The van der Waals surface area contributed by atoms with Crippen molar-refractivity contribution in [3.8, 4) is 11.5 Å². The van der Waals surface area contributed by atoms with Crippen molar-refractivity contribution < 1.29 is 19.1 Å². The highest BCUT2D eigenvalue weighted by Gasteiger charge is 2.47. The van der Waals surface area contributed by atoms with Crippen molar-refractivity contribution in [3.63, 3.8) is 0 Å². The molecule has 39 heavy (non-hydrogen) atoms. The zero-order chi connectivity index (χ0) is 26.9. The van der Waals surface area contributed by atoms with Gasteiger partial charge >= 0.3 is 6.03 Å². The quantitative estimate of drug-likeness (QED) is 0.453. The zero-order valence-electron chi connectivity index (χ0n) is 20.8. The SMILES string of the molecule is C=CC(=O)N1CCCC(NC(=O)[C@@H]2Sc3nccc4c3C2NC(=O)N4c2ncc(Oc3ccccc3)cn2)C1. The van der Waals surface area contributed by atoms with Gasteiger partial charge in [0, 0.05) is 30.9 Å². The molecule has 11 nitrogen and oxygen atoms in total. The normalized spacial score (nSPS) is 21.5. The molecule has 3 aliphatic heterocycles. The number of benzene rings is 1. The number of aromatic nitrogens is 3. The lowest BCUT2D eigenvalue weighted by Crippen LogP contribution is -2.53. The minimum atomic E-state index is -0.604. The Morgan fingerprint density at radius 1 is 1.13 bits per heavy atom. The van der Waals surface area contributed by atoms with Crippen LogP contribution >= 0.6 is 11.8 Å². The molecule has 4 amide bonds. The first-order valence-corrected chi connectivity index (χ1v) is 13.4. The van der Waals surface area contributed by atoms with E-state index in [0.717, 1.165) is 18.4 Å². The number of thioether (sulfide) groups is 1. The second-order valence-electron chi connectivity index (χ2n) is 9.32. The summed E-state index contributed by atoms with van der Waals surface area (Å²) in [6.07, 6.45) is 7.47. The number of nitrogens with zero attached hydrogens (tertiary/aromatic N) is 5. The molecule has 0 aliphatic carbocycles. The Labute approximate surface area is 228 Å². The number of hydrogen-bond donors (Lipinski definition) is 2. The molecule has 2 unspecified atom stereocenters. The Bertz CT molecular complexity index is 1440. The Hall–Kier alpha value is -4.45. The lowest BCUT2D eigenvalue weighted by atomic mass is 9.99. The van der Waals surface area contributed by atoms with E-state index < -0.39 is 17.3 Å². The summed E-state index contributed by atoms with van der Waals surface area (Å²) in [4.78, 5) is 55.0. The number of rotatable bonds is 6. The van der Waals surface area contributed by atoms with Gasteiger partial charge in [-0.3, -0.25) is 9.59 Å². The predicted octanol–water partition coefficient (Wildman–Crippen LogP) is 3.33. The van der Waals surface area contributed by atoms with Gasteiger partial charge in [-0.25, -0.2) is 24.6 Å². The average Bonchev–Trinajstić information content (AvgIpc) is 3.33. The van der Waals surface area contributed by atoms with Crippen molar-refractivity contribution in [1.29, 1.82) is 0 Å². The summed E-state index contributed by atoms with van der Waals surface area (Å²) >= 11 is 1.31. The molecule has 12 heteroatoms. The van der Waals surface area contributed by atoms with Gasteiger partial charge in [-0.05, 0) is 37.1 Å². The molecule has 198 valence electrons. The van der Waals surface area contributed by atoms with Crippen molar-refractivity contribution in [2.24, 2.45) is 0 Å². The number of hydrogen-bond acceptors (Lipinski definition) is 8. The molecule has 2 N–H and O–H groups in total. The van der Waals surface area contributed by atoms with Crippen LogP contribution in [0.25, 0.3) is 0 Å². The fraction of sp³-hybridized carbons (Fsp3) is 0.259. The van der Waals surface area contributed by atoms with Gasteiger partial charge in [-0.15, -0.1) is 0 Å². The van der Waals surface area contributed by atoms with Gasteiger partial charge < -0.3 is 20.3 Å². The zero-order valence-corrected chi connectivity index (χ0v) is 21.6. The molecule has 6 rings (SSSR count). The van der Waals surface area contributed by atoms with Crippen LogP contribution in [0.3, 0.4) is 0 Å². The van der Waals surface area contributed by atoms with Crippen LogP contribution in [0, 0.1) is 0 Å². The number of nitrogens with one attached hydrogen (secondary N) is 2. The maximum atomic E-state index is 13.4. The third-order valence-electron chi connectivity index (χ3n) is 6.81. The molecule has 2 aromatic heterocycles. The predicted molar refractivity (Wildman–Crippen MR) is 144 cm³/mol. The van der Waals surface area contributed by atoms with Crippen LogP contribution in [0.1, 0.15) is 24.4 Å². The largest absolute Gasteiger partial charge is 0.454 e. The third kappa shape index (κ3) is 4.78. The standard InChI is InChI=1S/C27H25N7O4S/c1-2-20(35)33-12-6-7-16(15-33)31-24(36)23-22-21-19(10-11-28-25(21)39-23)34(27(37)32-22)26-29-13-18(14-30-26)38-17-8-4-3-5-9-17/h2-5,8-11,13-14,16,22-23H,1,6-7,12,15H2,(H,31,36)(H,32,37)/t16?,22?,23-/m1/s1. The fourth-order valence-corrected chi connectivity index (χ4v) is 6.27. The number of ether oxygens (including phenoxy) is 1. The highest BCUT2D eigenvalue weighted by atomic mass is 32.2. The highest BCUT2D eigenvalue weighted by molar-refractivity contribution is 8.01. The summed E-state index contributed by atoms with van der Waals surface area (Å²) < 4.78 is 5.76. The van der Waals surface area contributed by atoms with Gasteiger partial charge in [0.1, 0.15) is 16.0 Å². The number of carbonyl (C=O) groups is 3. The van der Waals surface area contributed by atoms with E-state index in [1.54, 1.807) is 17.2 Å². The van der Waals surface area contributed by atoms with E-state index in [1.165, 1.54) is 35.1 Å². The van der Waals surface area contributed by atoms with E-state index >= 15 is 0 Å². The van der Waals surface area contributed by atoms with Gasteiger partial charge in [0.2, 0.25) is 17.8 Å². The van der Waals surface area contributed by atoms with Gasteiger partial charge in [-0.1, -0.05) is 36.5 Å². The number of carbonyl (C=O) groups excluding carboxylic acids is 3. The van der Waals surface area contributed by atoms with Crippen molar-refractivity contribution in [3.05, 3.63) is 73.2 Å². The van der Waals surface area contributed by atoms with Crippen molar-refractivity contribution in [2.45, 2.75) is 35.2 Å². The Kier molecular flexibility index (Phi) is 6.61. The summed E-state index contributed by atoms with van der Waals surface area (Å²) in [6, 6.07) is 9.81. The lowest BCUT2D eigenvalue weighted by Gasteiger charge is -2.35. The van der Waals surface area contributed by atoms with Crippen LogP contribution in [-0.4, -0.2) is 62.1 Å². The number of pyridine rings is 1. The molecular weight excluding hydrogens is 518 g/mol. The number of urea groups is 1. The van der Waals surface area contributed by atoms with Gasteiger partial charge in [0.25, 0.3) is 0 Å². The smallest absolute Gasteiger partial charge is 0.329 e. The van der Waals surface area contributed by atoms with Crippen molar-refractivity contribution in [2.75, 3.05) is 18.0 Å². The van der Waals surface area contributed by atoms with E-state index in [1.807, 2.05) is 30.3 Å². The van der Waals surface area contributed by atoms with Crippen LogP contribution in [0.2, 0.25) is 0 Å². The Balaban J connectivity index is 1.20.